The van der Waals surface area contributed by atoms with E-state index in [-0.39, 0.29) is 5.82 Å². The molecule has 1 heterocycles. The number of rotatable bonds is 1. The Morgan fingerprint density at radius 1 is 1.00 bits per heavy atom. The third-order valence-corrected chi connectivity index (χ3v) is 2.60. The smallest absolute Gasteiger partial charge is 0.123 e. The van der Waals surface area contributed by atoms with E-state index >= 15 is 0 Å². The Labute approximate surface area is 91.7 Å². The van der Waals surface area contributed by atoms with Crippen LogP contribution in [0.3, 0.4) is 0 Å². The summed E-state index contributed by atoms with van der Waals surface area (Å²) in [7, 11) is 0. The zero-order valence-electron chi connectivity index (χ0n) is 8.44. The van der Waals surface area contributed by atoms with Gasteiger partial charge in [0.05, 0.1) is 11.7 Å². The molecule has 1 N–H and O–H groups in total. The van der Waals surface area contributed by atoms with E-state index in [9.17, 15) is 4.39 Å². The molecule has 0 radical (unpaired) electrons. The van der Waals surface area contributed by atoms with Crippen LogP contribution in [0.25, 0.3) is 22.0 Å². The predicted molar refractivity (Wildman–Crippen MR) is 61.5 cm³/mol. The van der Waals surface area contributed by atoms with Gasteiger partial charge in [0, 0.05) is 5.39 Å². The van der Waals surface area contributed by atoms with Crippen molar-refractivity contribution >= 4 is 10.9 Å². The quantitative estimate of drug-likeness (QED) is 0.658. The van der Waals surface area contributed by atoms with Gasteiger partial charge in [0.2, 0.25) is 0 Å². The van der Waals surface area contributed by atoms with Crippen molar-refractivity contribution in [2.45, 2.75) is 0 Å². The molecular formula is C13H9FN2. The number of aromatic nitrogens is 2. The van der Waals surface area contributed by atoms with Gasteiger partial charge in [-0.1, -0.05) is 18.2 Å². The van der Waals surface area contributed by atoms with Crippen LogP contribution in [0.1, 0.15) is 0 Å². The molecule has 3 rings (SSSR count). The highest BCUT2D eigenvalue weighted by Crippen LogP contribution is 2.23. The first-order chi connectivity index (χ1) is 7.83. The first-order valence-electron chi connectivity index (χ1n) is 5.02. The Hall–Kier alpha value is -2.16. The van der Waals surface area contributed by atoms with Crippen LogP contribution in [0.5, 0.6) is 0 Å². The molecule has 2 aromatic carbocycles. The number of aromatic amines is 1. The van der Waals surface area contributed by atoms with E-state index in [2.05, 4.69) is 10.2 Å². The minimum Gasteiger partial charge on any atom is -0.278 e. The maximum atomic E-state index is 13.1. The Bertz CT molecular complexity index is 643. The van der Waals surface area contributed by atoms with Crippen LogP contribution in [-0.2, 0) is 0 Å². The molecule has 3 heteroatoms. The maximum absolute atomic E-state index is 13.1. The number of benzene rings is 2. The molecule has 0 amide bonds. The molecule has 78 valence electrons. The van der Waals surface area contributed by atoms with Crippen LogP contribution >= 0.6 is 0 Å². The molecule has 16 heavy (non-hydrogen) atoms. The van der Waals surface area contributed by atoms with Crippen LogP contribution in [-0.4, -0.2) is 10.2 Å². The van der Waals surface area contributed by atoms with Crippen LogP contribution in [0, 0.1) is 5.82 Å². The average Bonchev–Trinajstić information content (AvgIpc) is 2.75. The van der Waals surface area contributed by atoms with E-state index in [1.54, 1.807) is 12.3 Å². The lowest BCUT2D eigenvalue weighted by molar-refractivity contribution is 0.628. The van der Waals surface area contributed by atoms with E-state index in [0.717, 1.165) is 22.0 Å². The molecular weight excluding hydrogens is 203 g/mol. The SMILES string of the molecule is Fc1cccc(-c2ccc3[nH]ncc3c2)c1. The van der Waals surface area contributed by atoms with Crippen molar-refractivity contribution in [2.24, 2.45) is 0 Å². The van der Waals surface area contributed by atoms with Crippen LogP contribution < -0.4 is 0 Å². The summed E-state index contributed by atoms with van der Waals surface area (Å²) >= 11 is 0. The highest BCUT2D eigenvalue weighted by molar-refractivity contribution is 5.83. The lowest BCUT2D eigenvalue weighted by Crippen LogP contribution is -1.79. The summed E-state index contributed by atoms with van der Waals surface area (Å²) in [5.41, 5.74) is 2.86. The molecule has 3 aromatic rings. The minimum absolute atomic E-state index is 0.218. The monoisotopic (exact) mass is 212 g/mol. The summed E-state index contributed by atoms with van der Waals surface area (Å²) in [5, 5.41) is 7.87. The largest absolute Gasteiger partial charge is 0.278 e. The highest BCUT2D eigenvalue weighted by atomic mass is 19.1. The Kier molecular flexibility index (Phi) is 1.96. The second kappa shape index (κ2) is 3.45. The summed E-state index contributed by atoms with van der Waals surface area (Å²) in [6, 6.07) is 12.5. The lowest BCUT2D eigenvalue weighted by atomic mass is 10.0. The molecule has 0 aliphatic rings. The average molecular weight is 212 g/mol. The molecule has 0 aliphatic carbocycles. The highest BCUT2D eigenvalue weighted by Gasteiger charge is 2.01. The third-order valence-electron chi connectivity index (χ3n) is 2.60. The van der Waals surface area contributed by atoms with Crippen LogP contribution in [0.4, 0.5) is 4.39 Å². The van der Waals surface area contributed by atoms with Gasteiger partial charge >= 0.3 is 0 Å². The third kappa shape index (κ3) is 1.46. The summed E-state index contributed by atoms with van der Waals surface area (Å²) in [6.07, 6.45) is 1.76. The number of nitrogens with zero attached hydrogens (tertiary/aromatic N) is 1. The fraction of sp³-hybridized carbons (Fsp3) is 0. The Morgan fingerprint density at radius 2 is 1.88 bits per heavy atom. The van der Waals surface area contributed by atoms with Gasteiger partial charge in [-0.05, 0) is 35.4 Å². The van der Waals surface area contributed by atoms with Crippen molar-refractivity contribution < 1.29 is 4.39 Å². The van der Waals surface area contributed by atoms with Crippen LogP contribution in [0.2, 0.25) is 0 Å². The zero-order chi connectivity index (χ0) is 11.0. The summed E-state index contributed by atoms with van der Waals surface area (Å²) in [5.74, 6) is -0.218. The lowest BCUT2D eigenvalue weighted by Gasteiger charge is -2.01. The van der Waals surface area contributed by atoms with Gasteiger partial charge in [-0.2, -0.15) is 5.10 Å². The van der Waals surface area contributed by atoms with Gasteiger partial charge < -0.3 is 0 Å². The van der Waals surface area contributed by atoms with Gasteiger partial charge in [-0.15, -0.1) is 0 Å². The molecule has 0 bridgehead atoms. The predicted octanol–water partition coefficient (Wildman–Crippen LogP) is 3.37. The molecule has 0 atom stereocenters. The first-order valence-corrected chi connectivity index (χ1v) is 5.02. The number of hydrogen-bond acceptors (Lipinski definition) is 1. The molecule has 0 aliphatic heterocycles. The number of hydrogen-bond donors (Lipinski definition) is 1. The van der Waals surface area contributed by atoms with Crippen molar-refractivity contribution in [2.75, 3.05) is 0 Å². The second-order valence-corrected chi connectivity index (χ2v) is 3.68. The molecule has 0 fully saturated rings. The van der Waals surface area contributed by atoms with E-state index in [0.29, 0.717) is 0 Å². The standard InChI is InChI=1S/C13H9FN2/c14-12-3-1-2-9(7-12)10-4-5-13-11(6-10)8-15-16-13/h1-8H,(H,15,16). The molecule has 0 saturated heterocycles. The summed E-state index contributed by atoms with van der Waals surface area (Å²) in [6.45, 7) is 0. The van der Waals surface area contributed by atoms with Crippen LogP contribution in [0.15, 0.2) is 48.7 Å². The van der Waals surface area contributed by atoms with Gasteiger partial charge in [0.25, 0.3) is 0 Å². The number of nitrogens with one attached hydrogen (secondary N) is 1. The molecule has 1 aromatic heterocycles. The van der Waals surface area contributed by atoms with Gasteiger partial charge in [0.15, 0.2) is 0 Å². The number of halogens is 1. The molecule has 0 unspecified atom stereocenters. The Morgan fingerprint density at radius 3 is 2.75 bits per heavy atom. The fourth-order valence-corrected chi connectivity index (χ4v) is 1.79. The van der Waals surface area contributed by atoms with Crippen molar-refractivity contribution in [3.8, 4) is 11.1 Å². The minimum atomic E-state index is -0.218. The fourth-order valence-electron chi connectivity index (χ4n) is 1.79. The van der Waals surface area contributed by atoms with Gasteiger partial charge in [-0.25, -0.2) is 4.39 Å². The molecule has 0 saturated carbocycles. The normalized spacial score (nSPS) is 10.8. The van der Waals surface area contributed by atoms with E-state index in [4.69, 9.17) is 0 Å². The van der Waals surface area contributed by atoms with Gasteiger partial charge in [0.1, 0.15) is 5.82 Å². The van der Waals surface area contributed by atoms with Crippen molar-refractivity contribution in [1.82, 2.24) is 10.2 Å². The molecule has 0 spiro atoms. The summed E-state index contributed by atoms with van der Waals surface area (Å²) < 4.78 is 13.1. The van der Waals surface area contributed by atoms with Crippen molar-refractivity contribution in [3.63, 3.8) is 0 Å². The Balaban J connectivity index is 2.18. The van der Waals surface area contributed by atoms with E-state index in [1.165, 1.54) is 12.1 Å². The van der Waals surface area contributed by atoms with Gasteiger partial charge in [-0.3, -0.25) is 5.10 Å². The molecule has 2 nitrogen and oxygen atoms in total. The van der Waals surface area contributed by atoms with E-state index < -0.39 is 0 Å². The second-order valence-electron chi connectivity index (χ2n) is 3.68. The topological polar surface area (TPSA) is 28.7 Å². The first kappa shape index (κ1) is 9.09. The summed E-state index contributed by atoms with van der Waals surface area (Å²) in [4.78, 5) is 0. The number of fused-ring (bicyclic) bond motifs is 1. The zero-order valence-corrected chi connectivity index (χ0v) is 8.44. The number of H-pyrrole nitrogens is 1. The van der Waals surface area contributed by atoms with Crippen molar-refractivity contribution in [1.29, 1.82) is 0 Å². The maximum Gasteiger partial charge on any atom is 0.123 e. The van der Waals surface area contributed by atoms with Crippen molar-refractivity contribution in [3.05, 3.63) is 54.5 Å². The van der Waals surface area contributed by atoms with E-state index in [1.807, 2.05) is 24.3 Å².